The second-order valence-corrected chi connectivity index (χ2v) is 6.30. The summed E-state index contributed by atoms with van der Waals surface area (Å²) < 4.78 is 5.86. The van der Waals surface area contributed by atoms with E-state index in [0.29, 0.717) is 37.0 Å². The Labute approximate surface area is 143 Å². The number of thioether (sulfide) groups is 1. The van der Waals surface area contributed by atoms with Gasteiger partial charge < -0.3 is 19.4 Å². The fourth-order valence-electron chi connectivity index (χ4n) is 2.47. The van der Waals surface area contributed by atoms with Crippen molar-refractivity contribution in [2.75, 3.05) is 31.9 Å². The molecule has 1 saturated heterocycles. The van der Waals surface area contributed by atoms with Crippen LogP contribution in [-0.2, 0) is 4.79 Å². The van der Waals surface area contributed by atoms with Gasteiger partial charge in [0.05, 0.1) is 12.0 Å². The van der Waals surface area contributed by atoms with Gasteiger partial charge in [-0.25, -0.2) is 0 Å². The Morgan fingerprint density at radius 1 is 1.12 bits per heavy atom. The number of aromatic nitrogens is 1. The van der Waals surface area contributed by atoms with Crippen molar-refractivity contribution in [3.8, 4) is 0 Å². The van der Waals surface area contributed by atoms with Crippen LogP contribution >= 0.6 is 11.8 Å². The Morgan fingerprint density at radius 3 is 2.54 bits per heavy atom. The smallest absolute Gasteiger partial charge is 0.289 e. The maximum Gasteiger partial charge on any atom is 0.289 e. The van der Waals surface area contributed by atoms with Gasteiger partial charge in [0.25, 0.3) is 10.9 Å². The summed E-state index contributed by atoms with van der Waals surface area (Å²) in [5, 5.41) is 12.1. The largest absolute Gasteiger partial charge is 0.618 e. The highest BCUT2D eigenvalue weighted by molar-refractivity contribution is 7.99. The molecule has 1 aliphatic heterocycles. The Bertz CT molecular complexity index is 712. The van der Waals surface area contributed by atoms with Crippen molar-refractivity contribution >= 4 is 23.6 Å². The van der Waals surface area contributed by atoms with Crippen LogP contribution in [0.3, 0.4) is 0 Å². The lowest BCUT2D eigenvalue weighted by atomic mass is 10.3. The molecule has 3 rings (SSSR count). The number of rotatable bonds is 4. The molecule has 24 heavy (non-hydrogen) atoms. The molecule has 7 nitrogen and oxygen atoms in total. The topological polar surface area (TPSA) is 80.7 Å². The summed E-state index contributed by atoms with van der Waals surface area (Å²) >= 11 is 1.22. The van der Waals surface area contributed by atoms with Crippen molar-refractivity contribution in [2.24, 2.45) is 0 Å². The van der Waals surface area contributed by atoms with Crippen molar-refractivity contribution in [2.45, 2.75) is 5.03 Å². The average Bonchev–Trinajstić information content (AvgIpc) is 3.15. The predicted octanol–water partition coefficient (Wildman–Crippen LogP) is 0.990. The van der Waals surface area contributed by atoms with Gasteiger partial charge in [-0.1, -0.05) is 0 Å². The zero-order valence-electron chi connectivity index (χ0n) is 13.0. The van der Waals surface area contributed by atoms with E-state index in [4.69, 9.17) is 4.42 Å². The fraction of sp³-hybridized carbons (Fsp3) is 0.312. The minimum Gasteiger partial charge on any atom is -0.618 e. The van der Waals surface area contributed by atoms with Crippen LogP contribution < -0.4 is 4.73 Å². The van der Waals surface area contributed by atoms with Gasteiger partial charge in [-0.05, 0) is 30.0 Å². The quantitative estimate of drug-likeness (QED) is 0.468. The first-order chi connectivity index (χ1) is 11.6. The van der Waals surface area contributed by atoms with Gasteiger partial charge in [-0.3, -0.25) is 9.59 Å². The van der Waals surface area contributed by atoms with Gasteiger partial charge in [-0.15, -0.1) is 0 Å². The van der Waals surface area contributed by atoms with E-state index in [1.54, 1.807) is 40.1 Å². The maximum atomic E-state index is 12.3. The molecule has 3 heterocycles. The first-order valence-corrected chi connectivity index (χ1v) is 8.55. The number of carbonyl (C=O) groups excluding carboxylic acids is 2. The number of hydrogen-bond acceptors (Lipinski definition) is 5. The van der Waals surface area contributed by atoms with E-state index in [-0.39, 0.29) is 17.6 Å². The first kappa shape index (κ1) is 16.4. The molecule has 8 heteroatoms. The second kappa shape index (κ2) is 7.39. The average molecular weight is 347 g/mol. The second-order valence-electron chi connectivity index (χ2n) is 5.30. The number of piperazine rings is 1. The fourth-order valence-corrected chi connectivity index (χ4v) is 3.28. The minimum atomic E-state index is -0.154. The van der Waals surface area contributed by atoms with Gasteiger partial charge in [0, 0.05) is 38.3 Å². The standard InChI is InChI=1S/C16H17N3O4S/c20-14(12-24-15-5-1-2-6-19(15)22)17-7-9-18(10-8-17)16(21)13-4-3-11-23-13/h1-6,11H,7-10,12H2. The predicted molar refractivity (Wildman–Crippen MR) is 87.3 cm³/mol. The zero-order chi connectivity index (χ0) is 16.9. The summed E-state index contributed by atoms with van der Waals surface area (Å²) in [6, 6.07) is 8.41. The van der Waals surface area contributed by atoms with Crippen LogP contribution in [0.2, 0.25) is 0 Å². The van der Waals surface area contributed by atoms with Crippen LogP contribution in [-0.4, -0.2) is 53.5 Å². The molecule has 0 N–H and O–H groups in total. The molecule has 0 bridgehead atoms. The van der Waals surface area contributed by atoms with Crippen molar-refractivity contribution in [3.05, 3.63) is 53.8 Å². The third-order valence-electron chi connectivity index (χ3n) is 3.78. The van der Waals surface area contributed by atoms with Gasteiger partial charge >= 0.3 is 0 Å². The highest BCUT2D eigenvalue weighted by atomic mass is 32.2. The Hall–Kier alpha value is -2.48. The minimum absolute atomic E-state index is 0.0334. The van der Waals surface area contributed by atoms with E-state index in [1.807, 2.05) is 0 Å². The molecule has 0 radical (unpaired) electrons. The summed E-state index contributed by atoms with van der Waals surface area (Å²) in [6.07, 6.45) is 2.88. The lowest BCUT2D eigenvalue weighted by Crippen LogP contribution is -2.51. The molecule has 2 amide bonds. The zero-order valence-corrected chi connectivity index (χ0v) is 13.8. The number of nitrogens with zero attached hydrogens (tertiary/aromatic N) is 3. The number of furan rings is 1. The van der Waals surface area contributed by atoms with Crippen molar-refractivity contribution in [1.82, 2.24) is 9.80 Å². The van der Waals surface area contributed by atoms with Crippen molar-refractivity contribution in [1.29, 1.82) is 0 Å². The number of amides is 2. The Kier molecular flexibility index (Phi) is 5.05. The summed E-state index contributed by atoms with van der Waals surface area (Å²) in [7, 11) is 0. The first-order valence-electron chi connectivity index (χ1n) is 7.56. The normalized spacial score (nSPS) is 14.7. The highest BCUT2D eigenvalue weighted by Crippen LogP contribution is 2.15. The molecule has 126 valence electrons. The van der Waals surface area contributed by atoms with Gasteiger partial charge in [0.2, 0.25) is 5.91 Å². The summed E-state index contributed by atoms with van der Waals surface area (Å²) in [5.74, 6) is 0.333. The molecular weight excluding hydrogens is 330 g/mol. The lowest BCUT2D eigenvalue weighted by Gasteiger charge is -2.34. The molecule has 0 aliphatic carbocycles. The number of hydrogen-bond donors (Lipinski definition) is 0. The van der Waals surface area contributed by atoms with E-state index in [1.165, 1.54) is 24.2 Å². The molecular formula is C16H17N3O4S. The molecule has 0 unspecified atom stereocenters. The molecule has 2 aromatic heterocycles. The summed E-state index contributed by atoms with van der Waals surface area (Å²) in [5.41, 5.74) is 0. The molecule has 0 atom stereocenters. The van der Waals surface area contributed by atoms with Gasteiger partial charge in [-0.2, -0.15) is 4.73 Å². The lowest BCUT2D eigenvalue weighted by molar-refractivity contribution is -0.645. The molecule has 1 aliphatic rings. The van der Waals surface area contributed by atoms with E-state index < -0.39 is 0 Å². The van der Waals surface area contributed by atoms with Crippen LogP contribution in [0.25, 0.3) is 0 Å². The molecule has 0 spiro atoms. The number of pyridine rings is 1. The van der Waals surface area contributed by atoms with Crippen LogP contribution in [0.4, 0.5) is 0 Å². The van der Waals surface area contributed by atoms with Crippen LogP contribution in [0.5, 0.6) is 0 Å². The third-order valence-corrected chi connectivity index (χ3v) is 4.79. The molecule has 0 aromatic carbocycles. The summed E-state index contributed by atoms with van der Waals surface area (Å²) in [6.45, 7) is 1.92. The van der Waals surface area contributed by atoms with E-state index in [9.17, 15) is 14.8 Å². The molecule has 1 fully saturated rings. The monoisotopic (exact) mass is 347 g/mol. The SMILES string of the molecule is O=C(CSc1cccc[n+]1[O-])N1CCN(C(=O)c2ccco2)CC1. The van der Waals surface area contributed by atoms with E-state index in [2.05, 4.69) is 0 Å². The van der Waals surface area contributed by atoms with Crippen LogP contribution in [0.1, 0.15) is 10.6 Å². The van der Waals surface area contributed by atoms with E-state index in [0.717, 1.165) is 4.73 Å². The van der Waals surface area contributed by atoms with Gasteiger partial charge in [0.15, 0.2) is 12.0 Å². The highest BCUT2D eigenvalue weighted by Gasteiger charge is 2.26. The van der Waals surface area contributed by atoms with Gasteiger partial charge in [0.1, 0.15) is 0 Å². The van der Waals surface area contributed by atoms with Crippen LogP contribution in [0.15, 0.2) is 52.2 Å². The Morgan fingerprint density at radius 2 is 1.88 bits per heavy atom. The number of carbonyl (C=O) groups is 2. The van der Waals surface area contributed by atoms with E-state index >= 15 is 0 Å². The summed E-state index contributed by atoms with van der Waals surface area (Å²) in [4.78, 5) is 27.8. The Balaban J connectivity index is 1.48. The molecule has 2 aromatic rings. The third kappa shape index (κ3) is 3.70. The van der Waals surface area contributed by atoms with Crippen LogP contribution in [0, 0.1) is 5.21 Å². The molecule has 0 saturated carbocycles. The maximum absolute atomic E-state index is 12.3. The van der Waals surface area contributed by atoms with Crippen molar-refractivity contribution in [3.63, 3.8) is 0 Å². The van der Waals surface area contributed by atoms with Crippen molar-refractivity contribution < 1.29 is 18.7 Å².